The fourth-order valence-corrected chi connectivity index (χ4v) is 1.90. The monoisotopic (exact) mass is 258 g/mol. The van der Waals surface area contributed by atoms with Crippen molar-refractivity contribution in [2.75, 3.05) is 13.2 Å². The number of unbranched alkanes of at least 4 members (excludes halogenated alkanes) is 6. The zero-order valence-corrected chi connectivity index (χ0v) is 12.3. The van der Waals surface area contributed by atoms with Crippen LogP contribution in [-0.2, 0) is 9.53 Å². The minimum atomic E-state index is -0.881. The van der Waals surface area contributed by atoms with Gasteiger partial charge in [-0.2, -0.15) is 0 Å². The molecular formula is C15H30O3. The molecule has 0 heterocycles. The van der Waals surface area contributed by atoms with Gasteiger partial charge >= 0.3 is 5.97 Å². The first kappa shape index (κ1) is 17.4. The maximum absolute atomic E-state index is 10.2. The third-order valence-corrected chi connectivity index (χ3v) is 2.94. The van der Waals surface area contributed by atoms with Crippen LogP contribution in [0.15, 0.2) is 0 Å². The van der Waals surface area contributed by atoms with Crippen molar-refractivity contribution >= 4 is 5.97 Å². The van der Waals surface area contributed by atoms with E-state index in [4.69, 9.17) is 9.84 Å². The van der Waals surface area contributed by atoms with Crippen molar-refractivity contribution in [3.63, 3.8) is 0 Å². The summed E-state index contributed by atoms with van der Waals surface area (Å²) in [5, 5.41) is 8.37. The van der Waals surface area contributed by atoms with E-state index in [0.717, 1.165) is 12.8 Å². The molecular weight excluding hydrogens is 228 g/mol. The highest BCUT2D eigenvalue weighted by molar-refractivity contribution is 5.67. The highest BCUT2D eigenvalue weighted by Gasteiger charge is 2.08. The summed E-state index contributed by atoms with van der Waals surface area (Å²) in [6.07, 6.45) is 9.99. The van der Waals surface area contributed by atoms with E-state index in [9.17, 15) is 4.79 Å². The molecule has 0 bridgehead atoms. The first-order valence-electron chi connectivity index (χ1n) is 7.21. The van der Waals surface area contributed by atoms with Gasteiger partial charge in [0.25, 0.3) is 0 Å². The zero-order valence-electron chi connectivity index (χ0n) is 12.3. The molecule has 108 valence electrons. The molecule has 0 amide bonds. The molecule has 0 atom stereocenters. The summed E-state index contributed by atoms with van der Waals surface area (Å²) < 4.78 is 4.98. The maximum atomic E-state index is 10.2. The first-order valence-corrected chi connectivity index (χ1v) is 7.21. The van der Waals surface area contributed by atoms with Gasteiger partial charge in [-0.05, 0) is 18.3 Å². The molecule has 0 rings (SSSR count). The summed E-state index contributed by atoms with van der Waals surface area (Å²) in [4.78, 5) is 10.2. The minimum absolute atomic E-state index is 0.160. The average Bonchev–Trinajstić information content (AvgIpc) is 2.24. The van der Waals surface area contributed by atoms with E-state index in [-0.39, 0.29) is 6.61 Å². The van der Waals surface area contributed by atoms with Crippen LogP contribution in [0.1, 0.15) is 72.1 Å². The number of hydrogen-bond donors (Lipinski definition) is 1. The third kappa shape index (κ3) is 15.4. The first-order chi connectivity index (χ1) is 8.42. The lowest BCUT2D eigenvalue weighted by atomic mass is 9.89. The SMILES string of the molecule is CC(C)(C)CCCCCCCCCOCC(=O)O. The van der Waals surface area contributed by atoms with Gasteiger partial charge in [0, 0.05) is 6.61 Å². The van der Waals surface area contributed by atoms with Crippen LogP contribution in [0.4, 0.5) is 0 Å². The van der Waals surface area contributed by atoms with Crippen molar-refractivity contribution in [3.8, 4) is 0 Å². The Hall–Kier alpha value is -0.570. The van der Waals surface area contributed by atoms with Gasteiger partial charge in [-0.25, -0.2) is 4.79 Å². The second kappa shape index (κ2) is 10.4. The van der Waals surface area contributed by atoms with Crippen molar-refractivity contribution in [2.24, 2.45) is 5.41 Å². The van der Waals surface area contributed by atoms with Crippen molar-refractivity contribution < 1.29 is 14.6 Å². The number of aliphatic carboxylic acids is 1. The fraction of sp³-hybridized carbons (Fsp3) is 0.933. The predicted molar refractivity (Wildman–Crippen MR) is 74.8 cm³/mol. The fourth-order valence-electron chi connectivity index (χ4n) is 1.90. The van der Waals surface area contributed by atoms with Crippen LogP contribution in [0.2, 0.25) is 0 Å². The molecule has 0 aliphatic carbocycles. The van der Waals surface area contributed by atoms with Crippen molar-refractivity contribution in [2.45, 2.75) is 72.1 Å². The van der Waals surface area contributed by atoms with E-state index in [1.807, 2.05) is 0 Å². The summed E-state index contributed by atoms with van der Waals surface area (Å²) in [6, 6.07) is 0. The van der Waals surface area contributed by atoms with Gasteiger partial charge in [0.2, 0.25) is 0 Å². The van der Waals surface area contributed by atoms with Gasteiger partial charge < -0.3 is 9.84 Å². The highest BCUT2D eigenvalue weighted by Crippen LogP contribution is 2.22. The van der Waals surface area contributed by atoms with Crippen LogP contribution < -0.4 is 0 Å². The molecule has 0 aromatic carbocycles. The number of rotatable bonds is 11. The molecule has 3 heteroatoms. The number of carboxylic acid groups (broad SMARTS) is 1. The number of ether oxygens (including phenoxy) is 1. The van der Waals surface area contributed by atoms with Gasteiger partial charge in [0.1, 0.15) is 6.61 Å². The topological polar surface area (TPSA) is 46.5 Å². The lowest BCUT2D eigenvalue weighted by Crippen LogP contribution is -2.07. The highest BCUT2D eigenvalue weighted by atomic mass is 16.5. The molecule has 0 fully saturated rings. The number of carboxylic acids is 1. The predicted octanol–water partition coefficient (Wildman–Crippen LogP) is 4.25. The third-order valence-electron chi connectivity index (χ3n) is 2.94. The van der Waals surface area contributed by atoms with E-state index in [0.29, 0.717) is 12.0 Å². The van der Waals surface area contributed by atoms with Gasteiger partial charge in [-0.15, -0.1) is 0 Å². The van der Waals surface area contributed by atoms with E-state index in [1.165, 1.54) is 38.5 Å². The molecule has 0 aliphatic heterocycles. The Morgan fingerprint density at radius 3 is 1.94 bits per heavy atom. The van der Waals surface area contributed by atoms with Crippen LogP contribution in [0, 0.1) is 5.41 Å². The molecule has 0 unspecified atom stereocenters. The normalized spacial score (nSPS) is 11.7. The Bertz CT molecular complexity index is 206. The number of hydrogen-bond acceptors (Lipinski definition) is 2. The van der Waals surface area contributed by atoms with E-state index < -0.39 is 5.97 Å². The standard InChI is InChI=1S/C15H30O3/c1-15(2,3)11-9-7-5-4-6-8-10-12-18-13-14(16)17/h4-13H2,1-3H3,(H,16,17). The largest absolute Gasteiger partial charge is 0.480 e. The van der Waals surface area contributed by atoms with Crippen LogP contribution in [0.3, 0.4) is 0 Å². The Morgan fingerprint density at radius 1 is 0.944 bits per heavy atom. The van der Waals surface area contributed by atoms with Crippen LogP contribution in [0.25, 0.3) is 0 Å². The quantitative estimate of drug-likeness (QED) is 0.563. The summed E-state index contributed by atoms with van der Waals surface area (Å²) >= 11 is 0. The van der Waals surface area contributed by atoms with Crippen LogP contribution >= 0.6 is 0 Å². The Balaban J connectivity index is 3.06. The summed E-state index contributed by atoms with van der Waals surface area (Å²) in [5.74, 6) is -0.881. The molecule has 0 aromatic rings. The Kier molecular flexibility index (Phi) is 10.0. The summed E-state index contributed by atoms with van der Waals surface area (Å²) in [5.41, 5.74) is 0.474. The van der Waals surface area contributed by atoms with Gasteiger partial charge in [0.15, 0.2) is 0 Å². The Morgan fingerprint density at radius 2 is 1.44 bits per heavy atom. The lowest BCUT2D eigenvalue weighted by Gasteiger charge is -2.17. The second-order valence-corrected chi connectivity index (χ2v) is 6.23. The molecule has 0 aromatic heterocycles. The van der Waals surface area contributed by atoms with Crippen molar-refractivity contribution in [1.82, 2.24) is 0 Å². The molecule has 1 N–H and O–H groups in total. The molecule has 0 saturated heterocycles. The molecule has 3 nitrogen and oxygen atoms in total. The molecule has 0 spiro atoms. The lowest BCUT2D eigenvalue weighted by molar-refractivity contribution is -0.142. The second-order valence-electron chi connectivity index (χ2n) is 6.23. The van der Waals surface area contributed by atoms with Crippen molar-refractivity contribution in [3.05, 3.63) is 0 Å². The summed E-state index contributed by atoms with van der Waals surface area (Å²) in [7, 11) is 0. The smallest absolute Gasteiger partial charge is 0.329 e. The van der Waals surface area contributed by atoms with Gasteiger partial charge in [-0.3, -0.25) is 0 Å². The van der Waals surface area contributed by atoms with E-state index in [1.54, 1.807) is 0 Å². The maximum Gasteiger partial charge on any atom is 0.329 e. The molecule has 0 radical (unpaired) electrons. The molecule has 18 heavy (non-hydrogen) atoms. The van der Waals surface area contributed by atoms with E-state index in [2.05, 4.69) is 20.8 Å². The van der Waals surface area contributed by atoms with Crippen LogP contribution in [-0.4, -0.2) is 24.3 Å². The minimum Gasteiger partial charge on any atom is -0.480 e. The van der Waals surface area contributed by atoms with E-state index >= 15 is 0 Å². The summed E-state index contributed by atoms with van der Waals surface area (Å²) in [6.45, 7) is 7.31. The van der Waals surface area contributed by atoms with Crippen molar-refractivity contribution in [1.29, 1.82) is 0 Å². The molecule has 0 aliphatic rings. The zero-order chi connectivity index (χ0) is 13.9. The number of carbonyl (C=O) groups is 1. The van der Waals surface area contributed by atoms with Gasteiger partial charge in [0.05, 0.1) is 0 Å². The molecule has 0 saturated carbocycles. The Labute approximate surface area is 112 Å². The van der Waals surface area contributed by atoms with Gasteiger partial charge in [-0.1, -0.05) is 59.3 Å². The van der Waals surface area contributed by atoms with Crippen LogP contribution in [0.5, 0.6) is 0 Å². The average molecular weight is 258 g/mol.